The average molecular weight is 298 g/mol. The normalized spacial score (nSPS) is 19.1. The van der Waals surface area contributed by atoms with Crippen LogP contribution in [-0.2, 0) is 9.53 Å². The molecule has 1 heterocycles. The van der Waals surface area contributed by atoms with Gasteiger partial charge in [-0.1, -0.05) is 6.92 Å². The van der Waals surface area contributed by atoms with Gasteiger partial charge in [0.05, 0.1) is 19.3 Å². The third kappa shape index (κ3) is 5.26. The summed E-state index contributed by atoms with van der Waals surface area (Å²) in [5.74, 6) is -1.76. The molecule has 1 fully saturated rings. The lowest BCUT2D eigenvalue weighted by molar-refractivity contribution is -0.187. The van der Waals surface area contributed by atoms with Crippen LogP contribution in [0.2, 0.25) is 0 Å². The van der Waals surface area contributed by atoms with Crippen LogP contribution in [0.25, 0.3) is 0 Å². The van der Waals surface area contributed by atoms with Gasteiger partial charge in [-0.15, -0.1) is 0 Å². The van der Waals surface area contributed by atoms with Gasteiger partial charge in [-0.25, -0.2) is 0 Å². The van der Waals surface area contributed by atoms with E-state index in [9.17, 15) is 18.0 Å². The monoisotopic (exact) mass is 298 g/mol. The van der Waals surface area contributed by atoms with E-state index in [-0.39, 0.29) is 25.8 Å². The van der Waals surface area contributed by atoms with E-state index in [0.29, 0.717) is 32.7 Å². The first-order chi connectivity index (χ1) is 9.38. The predicted molar refractivity (Wildman–Crippen MR) is 66.2 cm³/mol. The summed E-state index contributed by atoms with van der Waals surface area (Å²) in [6.07, 6.45) is -4.27. The Balaban J connectivity index is 2.24. The summed E-state index contributed by atoms with van der Waals surface area (Å²) in [6, 6.07) is 0. The van der Waals surface area contributed by atoms with Gasteiger partial charge in [0, 0.05) is 32.7 Å². The van der Waals surface area contributed by atoms with E-state index in [1.165, 1.54) is 0 Å². The molecule has 1 amide bonds. The Labute approximate surface area is 116 Å². The van der Waals surface area contributed by atoms with E-state index in [0.717, 1.165) is 4.90 Å². The highest BCUT2D eigenvalue weighted by molar-refractivity contribution is 5.81. The molecule has 1 atom stereocenters. The van der Waals surface area contributed by atoms with Crippen molar-refractivity contribution in [3.05, 3.63) is 0 Å². The number of carbonyl (C=O) groups excluding carboxylic acids is 1. The van der Waals surface area contributed by atoms with Crippen LogP contribution in [0.4, 0.5) is 13.2 Å². The number of rotatable bonds is 6. The van der Waals surface area contributed by atoms with Crippen LogP contribution in [0.15, 0.2) is 0 Å². The van der Waals surface area contributed by atoms with E-state index in [1.54, 1.807) is 0 Å². The van der Waals surface area contributed by atoms with Crippen molar-refractivity contribution in [1.82, 2.24) is 9.80 Å². The van der Waals surface area contributed by atoms with Crippen molar-refractivity contribution < 1.29 is 27.8 Å². The number of alkyl halides is 3. The second kappa shape index (κ2) is 7.80. The summed E-state index contributed by atoms with van der Waals surface area (Å²) in [6.45, 7) is 3.84. The fourth-order valence-corrected chi connectivity index (χ4v) is 2.00. The van der Waals surface area contributed by atoms with Crippen molar-refractivity contribution in [1.29, 1.82) is 0 Å². The topological polar surface area (TPSA) is 53.0 Å². The predicted octanol–water partition coefficient (Wildman–Crippen LogP) is 0.480. The molecule has 0 aromatic heterocycles. The molecule has 0 saturated carbocycles. The molecule has 1 aliphatic rings. The van der Waals surface area contributed by atoms with Gasteiger partial charge >= 0.3 is 12.1 Å². The molecule has 118 valence electrons. The smallest absolute Gasteiger partial charge is 0.394 e. The maximum absolute atomic E-state index is 12.3. The van der Waals surface area contributed by atoms with E-state index < -0.39 is 12.1 Å². The summed E-state index contributed by atoms with van der Waals surface area (Å²) in [7, 11) is 0. The van der Waals surface area contributed by atoms with Crippen molar-refractivity contribution in [3.63, 3.8) is 0 Å². The lowest BCUT2D eigenvalue weighted by Gasteiger charge is -2.35. The number of hydrogen-bond donors (Lipinski definition) is 1. The number of aliphatic hydroxyl groups excluding tert-OH is 1. The van der Waals surface area contributed by atoms with Gasteiger partial charge in [-0.3, -0.25) is 9.69 Å². The Kier molecular flexibility index (Phi) is 6.70. The third-order valence-electron chi connectivity index (χ3n) is 3.32. The molecule has 0 unspecified atom stereocenters. The molecular formula is C12H21F3N2O3. The molecule has 8 heteroatoms. The Bertz CT molecular complexity index is 301. The molecule has 0 aromatic carbocycles. The standard InChI is InChI=1S/C12H21F3N2O3/c1-2-10(9-18)20-8-7-16-3-5-17(6-4-16)11(19)12(13,14)15/h10,18H,2-9H2,1H3/t10-/m1/s1. The minimum Gasteiger partial charge on any atom is -0.394 e. The van der Waals surface area contributed by atoms with E-state index in [2.05, 4.69) is 0 Å². The minimum absolute atomic E-state index is 0.0373. The Hall–Kier alpha value is -0.860. The SMILES string of the molecule is CC[C@H](CO)OCCN1CCN(C(=O)C(F)(F)F)CC1. The van der Waals surface area contributed by atoms with Gasteiger partial charge < -0.3 is 14.7 Å². The van der Waals surface area contributed by atoms with Gasteiger partial charge in [0.2, 0.25) is 0 Å². The summed E-state index contributed by atoms with van der Waals surface area (Å²) < 4.78 is 42.2. The lowest BCUT2D eigenvalue weighted by Crippen LogP contribution is -2.52. The van der Waals surface area contributed by atoms with E-state index >= 15 is 0 Å². The molecule has 0 radical (unpaired) electrons. The number of amides is 1. The highest BCUT2D eigenvalue weighted by Crippen LogP contribution is 2.19. The number of ether oxygens (including phenoxy) is 1. The van der Waals surface area contributed by atoms with Crippen LogP contribution in [-0.4, -0.2) is 79.0 Å². The van der Waals surface area contributed by atoms with E-state index in [4.69, 9.17) is 9.84 Å². The Morgan fingerprint density at radius 1 is 1.30 bits per heavy atom. The molecule has 0 bridgehead atoms. The number of nitrogens with zero attached hydrogens (tertiary/aromatic N) is 2. The number of carbonyl (C=O) groups is 1. The highest BCUT2D eigenvalue weighted by atomic mass is 19.4. The van der Waals surface area contributed by atoms with E-state index in [1.807, 2.05) is 11.8 Å². The molecule has 1 aliphatic heterocycles. The van der Waals surface area contributed by atoms with Gasteiger partial charge in [0.25, 0.3) is 0 Å². The zero-order valence-corrected chi connectivity index (χ0v) is 11.5. The summed E-state index contributed by atoms with van der Waals surface area (Å²) in [5.41, 5.74) is 0. The van der Waals surface area contributed by atoms with Crippen molar-refractivity contribution in [3.8, 4) is 0 Å². The molecule has 0 aliphatic carbocycles. The average Bonchev–Trinajstić information content (AvgIpc) is 2.42. The first kappa shape index (κ1) is 17.2. The first-order valence-electron chi connectivity index (χ1n) is 6.69. The molecular weight excluding hydrogens is 277 g/mol. The first-order valence-corrected chi connectivity index (χ1v) is 6.69. The van der Waals surface area contributed by atoms with Crippen LogP contribution in [0, 0.1) is 0 Å². The Morgan fingerprint density at radius 3 is 2.35 bits per heavy atom. The molecule has 1 saturated heterocycles. The van der Waals surface area contributed by atoms with Gasteiger partial charge in [0.1, 0.15) is 0 Å². The maximum atomic E-state index is 12.3. The molecule has 0 aromatic rings. The largest absolute Gasteiger partial charge is 0.471 e. The van der Waals surface area contributed by atoms with Gasteiger partial charge in [-0.2, -0.15) is 13.2 Å². The second-order valence-corrected chi connectivity index (χ2v) is 4.72. The molecule has 5 nitrogen and oxygen atoms in total. The number of piperazine rings is 1. The van der Waals surface area contributed by atoms with Gasteiger partial charge in [-0.05, 0) is 6.42 Å². The van der Waals surface area contributed by atoms with Crippen LogP contribution >= 0.6 is 0 Å². The summed E-state index contributed by atoms with van der Waals surface area (Å²) >= 11 is 0. The van der Waals surface area contributed by atoms with Crippen molar-refractivity contribution in [2.24, 2.45) is 0 Å². The van der Waals surface area contributed by atoms with Gasteiger partial charge in [0.15, 0.2) is 0 Å². The van der Waals surface area contributed by atoms with Crippen LogP contribution in [0.1, 0.15) is 13.3 Å². The van der Waals surface area contributed by atoms with Crippen molar-refractivity contribution in [2.75, 3.05) is 45.9 Å². The van der Waals surface area contributed by atoms with Crippen molar-refractivity contribution >= 4 is 5.91 Å². The minimum atomic E-state index is -4.79. The zero-order chi connectivity index (χ0) is 15.2. The van der Waals surface area contributed by atoms with Crippen LogP contribution in [0.5, 0.6) is 0 Å². The fourth-order valence-electron chi connectivity index (χ4n) is 2.00. The quantitative estimate of drug-likeness (QED) is 0.775. The molecule has 1 rings (SSSR count). The lowest BCUT2D eigenvalue weighted by atomic mass is 10.3. The molecule has 20 heavy (non-hydrogen) atoms. The van der Waals surface area contributed by atoms with Crippen LogP contribution < -0.4 is 0 Å². The molecule has 1 N–H and O–H groups in total. The number of halogens is 3. The zero-order valence-electron chi connectivity index (χ0n) is 11.5. The van der Waals surface area contributed by atoms with Crippen LogP contribution in [0.3, 0.4) is 0 Å². The number of hydrogen-bond acceptors (Lipinski definition) is 4. The number of aliphatic hydroxyl groups is 1. The Morgan fingerprint density at radius 2 is 1.90 bits per heavy atom. The third-order valence-corrected chi connectivity index (χ3v) is 3.32. The maximum Gasteiger partial charge on any atom is 0.471 e. The second-order valence-electron chi connectivity index (χ2n) is 4.72. The van der Waals surface area contributed by atoms with Crippen molar-refractivity contribution in [2.45, 2.75) is 25.6 Å². The molecule has 0 spiro atoms. The fraction of sp³-hybridized carbons (Fsp3) is 0.917. The summed E-state index contributed by atoms with van der Waals surface area (Å²) in [5, 5.41) is 8.95. The summed E-state index contributed by atoms with van der Waals surface area (Å²) in [4.78, 5) is 13.8. The highest BCUT2D eigenvalue weighted by Gasteiger charge is 2.43.